The van der Waals surface area contributed by atoms with Crippen molar-refractivity contribution in [2.75, 3.05) is 39.3 Å². The zero-order valence-corrected chi connectivity index (χ0v) is 14.4. The lowest BCUT2D eigenvalue weighted by atomic mass is 9.98. The first kappa shape index (κ1) is 17.2. The molecular weight excluding hydrogens is 306 g/mol. The van der Waals surface area contributed by atoms with E-state index in [1.54, 1.807) is 0 Å². The highest BCUT2D eigenvalue weighted by atomic mass is 16.2. The third kappa shape index (κ3) is 4.68. The van der Waals surface area contributed by atoms with E-state index in [4.69, 9.17) is 0 Å². The lowest BCUT2D eigenvalue weighted by Gasteiger charge is -2.34. The van der Waals surface area contributed by atoms with Crippen LogP contribution in [0.15, 0.2) is 0 Å². The smallest absolute Gasteiger partial charge is 0.235 e. The van der Waals surface area contributed by atoms with Gasteiger partial charge in [-0.15, -0.1) is 0 Å². The molecule has 0 aromatic carbocycles. The molecule has 7 nitrogen and oxygen atoms in total. The normalized spacial score (nSPS) is 24.7. The summed E-state index contributed by atoms with van der Waals surface area (Å²) in [5.74, 6) is 0.331. The average molecular weight is 333 g/mol. The Hall–Kier alpha value is -1.65. The molecule has 0 bridgehead atoms. The summed E-state index contributed by atoms with van der Waals surface area (Å²) in [6.45, 7) is 5.73. The number of carbonyl (C=O) groups excluding carboxylic acids is 2. The predicted octanol–water partition coefficient (Wildman–Crippen LogP) is -0.309. The Kier molecular flexibility index (Phi) is 5.07. The molecule has 1 saturated heterocycles. The average Bonchev–Trinajstić information content (AvgIpc) is 3.42. The highest BCUT2D eigenvalue weighted by molar-refractivity contribution is 5.79. The van der Waals surface area contributed by atoms with Gasteiger partial charge in [0.25, 0.3) is 0 Å². The minimum Gasteiger partial charge on any atom is -0.352 e. The molecule has 3 aliphatic rings. The Labute approximate surface area is 143 Å². The number of hydrogen-bond acceptors (Lipinski definition) is 5. The SMILES string of the molecule is CC(C#N)(NC(=O)CN1CCN(CC(=O)NC2CC2)CC1)C1CC1. The van der Waals surface area contributed by atoms with Crippen LogP contribution in [0.2, 0.25) is 0 Å². The van der Waals surface area contributed by atoms with Crippen LogP contribution in [0.1, 0.15) is 32.6 Å². The van der Waals surface area contributed by atoms with Gasteiger partial charge >= 0.3 is 0 Å². The predicted molar refractivity (Wildman–Crippen MR) is 88.9 cm³/mol. The molecule has 0 spiro atoms. The van der Waals surface area contributed by atoms with Crippen LogP contribution in [0, 0.1) is 17.2 Å². The second-order valence-electron chi connectivity index (χ2n) is 7.53. The van der Waals surface area contributed by atoms with Crippen molar-refractivity contribution in [3.05, 3.63) is 0 Å². The summed E-state index contributed by atoms with van der Waals surface area (Å²) in [7, 11) is 0. The molecule has 0 radical (unpaired) electrons. The fraction of sp³-hybridized carbons (Fsp3) is 0.824. The Morgan fingerprint density at radius 2 is 1.58 bits per heavy atom. The molecule has 0 aromatic rings. The van der Waals surface area contributed by atoms with E-state index in [0.717, 1.165) is 51.9 Å². The number of hydrogen-bond donors (Lipinski definition) is 2. The molecule has 1 aliphatic heterocycles. The van der Waals surface area contributed by atoms with E-state index < -0.39 is 5.54 Å². The van der Waals surface area contributed by atoms with Crippen LogP contribution < -0.4 is 10.6 Å². The fourth-order valence-corrected chi connectivity index (χ4v) is 3.22. The van der Waals surface area contributed by atoms with Crippen LogP contribution in [-0.4, -0.2) is 72.5 Å². The van der Waals surface area contributed by atoms with Crippen LogP contribution >= 0.6 is 0 Å². The minimum atomic E-state index is -0.722. The fourth-order valence-electron chi connectivity index (χ4n) is 3.22. The standard InChI is InChI=1S/C17H27N5O2/c1-17(12-18,13-2-3-13)20-16(24)11-22-8-6-21(7-9-22)10-15(23)19-14-4-5-14/h13-14H,2-11H2,1H3,(H,19,23)(H,20,24). The van der Waals surface area contributed by atoms with Crippen LogP contribution in [0.4, 0.5) is 0 Å². The van der Waals surface area contributed by atoms with Gasteiger partial charge in [0.05, 0.1) is 19.2 Å². The van der Waals surface area contributed by atoms with Crippen LogP contribution in [-0.2, 0) is 9.59 Å². The van der Waals surface area contributed by atoms with E-state index in [0.29, 0.717) is 25.0 Å². The summed E-state index contributed by atoms with van der Waals surface area (Å²) in [5, 5.41) is 15.2. The molecule has 1 atom stereocenters. The van der Waals surface area contributed by atoms with Crippen molar-refractivity contribution in [2.24, 2.45) is 5.92 Å². The first-order valence-electron chi connectivity index (χ1n) is 8.95. The molecule has 2 N–H and O–H groups in total. The van der Waals surface area contributed by atoms with Crippen molar-refractivity contribution < 1.29 is 9.59 Å². The molecule has 2 amide bonds. The molecule has 1 unspecified atom stereocenters. The maximum Gasteiger partial charge on any atom is 0.235 e. The first-order valence-corrected chi connectivity index (χ1v) is 8.95. The third-order valence-corrected chi connectivity index (χ3v) is 5.17. The van der Waals surface area contributed by atoms with E-state index in [1.807, 2.05) is 6.92 Å². The molecule has 3 rings (SSSR count). The first-order chi connectivity index (χ1) is 11.5. The van der Waals surface area contributed by atoms with Gasteiger partial charge in [0.15, 0.2) is 0 Å². The summed E-state index contributed by atoms with van der Waals surface area (Å²) in [6.07, 6.45) is 4.26. The van der Waals surface area contributed by atoms with Gasteiger partial charge in [0.1, 0.15) is 5.54 Å². The van der Waals surface area contributed by atoms with E-state index >= 15 is 0 Å². The molecular formula is C17H27N5O2. The van der Waals surface area contributed by atoms with Crippen LogP contribution in [0.25, 0.3) is 0 Å². The monoisotopic (exact) mass is 333 g/mol. The van der Waals surface area contributed by atoms with Gasteiger partial charge in [-0.25, -0.2) is 0 Å². The maximum atomic E-state index is 12.2. The molecule has 24 heavy (non-hydrogen) atoms. The molecule has 2 aliphatic carbocycles. The van der Waals surface area contributed by atoms with Crippen molar-refractivity contribution in [1.82, 2.24) is 20.4 Å². The molecule has 132 valence electrons. The van der Waals surface area contributed by atoms with Crippen molar-refractivity contribution in [3.63, 3.8) is 0 Å². The van der Waals surface area contributed by atoms with Gasteiger partial charge in [-0.2, -0.15) is 5.26 Å². The Morgan fingerprint density at radius 1 is 1.04 bits per heavy atom. The Bertz CT molecular complexity index is 530. The summed E-state index contributed by atoms with van der Waals surface area (Å²) in [5.41, 5.74) is -0.722. The number of nitriles is 1. The van der Waals surface area contributed by atoms with Crippen LogP contribution in [0.3, 0.4) is 0 Å². The van der Waals surface area contributed by atoms with E-state index in [1.165, 1.54) is 0 Å². The summed E-state index contributed by atoms with van der Waals surface area (Å²) in [6, 6.07) is 2.66. The Morgan fingerprint density at radius 3 is 2.04 bits per heavy atom. The summed E-state index contributed by atoms with van der Waals surface area (Å²) >= 11 is 0. The topological polar surface area (TPSA) is 88.5 Å². The molecule has 2 saturated carbocycles. The lowest BCUT2D eigenvalue weighted by molar-refractivity contribution is -0.125. The van der Waals surface area contributed by atoms with E-state index in [9.17, 15) is 14.9 Å². The molecule has 0 aromatic heterocycles. The number of nitrogens with zero attached hydrogens (tertiary/aromatic N) is 3. The number of rotatable bonds is 7. The zero-order valence-electron chi connectivity index (χ0n) is 14.4. The minimum absolute atomic E-state index is 0.0779. The second kappa shape index (κ2) is 7.08. The second-order valence-corrected chi connectivity index (χ2v) is 7.53. The van der Waals surface area contributed by atoms with Crippen molar-refractivity contribution in [3.8, 4) is 6.07 Å². The van der Waals surface area contributed by atoms with E-state index in [-0.39, 0.29) is 11.8 Å². The largest absolute Gasteiger partial charge is 0.352 e. The Balaban J connectivity index is 1.36. The number of nitrogens with one attached hydrogen (secondary N) is 2. The summed E-state index contributed by atoms with van der Waals surface area (Å²) < 4.78 is 0. The van der Waals surface area contributed by atoms with Gasteiger partial charge in [0.2, 0.25) is 11.8 Å². The van der Waals surface area contributed by atoms with Gasteiger partial charge < -0.3 is 10.6 Å². The highest BCUT2D eigenvalue weighted by Crippen LogP contribution is 2.39. The maximum absolute atomic E-state index is 12.2. The number of piperazine rings is 1. The quantitative estimate of drug-likeness (QED) is 0.667. The molecule has 3 fully saturated rings. The summed E-state index contributed by atoms with van der Waals surface area (Å²) in [4.78, 5) is 28.3. The van der Waals surface area contributed by atoms with Gasteiger partial charge in [0, 0.05) is 32.2 Å². The lowest BCUT2D eigenvalue weighted by Crippen LogP contribution is -2.54. The zero-order chi connectivity index (χ0) is 17.2. The third-order valence-electron chi connectivity index (χ3n) is 5.17. The molecule has 1 heterocycles. The van der Waals surface area contributed by atoms with Crippen molar-refractivity contribution >= 4 is 11.8 Å². The van der Waals surface area contributed by atoms with Crippen LogP contribution in [0.5, 0.6) is 0 Å². The van der Waals surface area contributed by atoms with Crippen molar-refractivity contribution in [1.29, 1.82) is 5.26 Å². The van der Waals surface area contributed by atoms with Gasteiger partial charge in [-0.1, -0.05) is 0 Å². The van der Waals surface area contributed by atoms with Gasteiger partial charge in [-0.05, 0) is 38.5 Å². The number of amides is 2. The number of carbonyl (C=O) groups is 2. The molecule has 7 heteroatoms. The van der Waals surface area contributed by atoms with Gasteiger partial charge in [-0.3, -0.25) is 19.4 Å². The van der Waals surface area contributed by atoms with E-state index in [2.05, 4.69) is 26.5 Å². The van der Waals surface area contributed by atoms with Crippen molar-refractivity contribution in [2.45, 2.75) is 44.2 Å². The highest BCUT2D eigenvalue weighted by Gasteiger charge is 2.43.